The summed E-state index contributed by atoms with van der Waals surface area (Å²) >= 11 is 6.16. The van der Waals surface area contributed by atoms with Crippen molar-refractivity contribution in [2.75, 3.05) is 25.5 Å². The van der Waals surface area contributed by atoms with Crippen molar-refractivity contribution in [3.8, 4) is 0 Å². The van der Waals surface area contributed by atoms with E-state index in [1.165, 1.54) is 43.5 Å². The summed E-state index contributed by atoms with van der Waals surface area (Å²) in [5.74, 6) is 1.15. The summed E-state index contributed by atoms with van der Waals surface area (Å²) < 4.78 is 0. The quantitative estimate of drug-likeness (QED) is 0.754. The van der Waals surface area contributed by atoms with E-state index in [1.54, 1.807) is 0 Å². The van der Waals surface area contributed by atoms with Crippen molar-refractivity contribution in [1.29, 1.82) is 0 Å². The third-order valence-electron chi connectivity index (χ3n) is 5.88. The average Bonchev–Trinajstić information content (AvgIpc) is 2.64. The lowest BCUT2D eigenvalue weighted by molar-refractivity contribution is 0.195. The van der Waals surface area contributed by atoms with Gasteiger partial charge in [0.15, 0.2) is 0 Å². The first-order chi connectivity index (χ1) is 13.1. The fourth-order valence-electron chi connectivity index (χ4n) is 4.55. The molecule has 2 aliphatic heterocycles. The normalized spacial score (nSPS) is 24.9. The van der Waals surface area contributed by atoms with Crippen molar-refractivity contribution in [1.82, 2.24) is 4.90 Å². The molecule has 1 saturated heterocycles. The van der Waals surface area contributed by atoms with Crippen LogP contribution < -0.4 is 5.32 Å². The fraction of sp³-hybridized carbons (Fsp3) is 0.435. The lowest BCUT2D eigenvalue weighted by Gasteiger charge is -2.43. The zero-order valence-electron chi connectivity index (χ0n) is 16.0. The molecule has 1 unspecified atom stereocenters. The first-order valence-electron chi connectivity index (χ1n) is 9.97. The number of hydrogen-bond acceptors (Lipinski definition) is 2. The maximum atomic E-state index is 6.16. The predicted octanol–water partition coefficient (Wildman–Crippen LogP) is 5.40. The highest BCUT2D eigenvalue weighted by Gasteiger charge is 2.41. The molecule has 142 valence electrons. The summed E-state index contributed by atoms with van der Waals surface area (Å²) in [7, 11) is 2.25. The van der Waals surface area contributed by atoms with E-state index in [1.807, 2.05) is 18.2 Å². The van der Waals surface area contributed by atoms with Gasteiger partial charge in [0.25, 0.3) is 0 Å². The molecule has 1 spiro atoms. The monoisotopic (exact) mass is 381 g/mol. The number of fused-ring (bicyclic) bond motifs is 1. The molecule has 27 heavy (non-hydrogen) atoms. The Bertz CT molecular complexity index is 832. The van der Waals surface area contributed by atoms with E-state index in [-0.39, 0.29) is 5.41 Å². The van der Waals surface area contributed by atoms with Gasteiger partial charge in [-0.3, -0.25) is 4.99 Å². The zero-order chi connectivity index (χ0) is 18.7. The second kappa shape index (κ2) is 8.04. The van der Waals surface area contributed by atoms with Gasteiger partial charge < -0.3 is 10.2 Å². The van der Waals surface area contributed by atoms with Gasteiger partial charge in [-0.05, 0) is 62.2 Å². The van der Waals surface area contributed by atoms with E-state index in [0.29, 0.717) is 6.54 Å². The van der Waals surface area contributed by atoms with Crippen molar-refractivity contribution >= 4 is 23.1 Å². The summed E-state index contributed by atoms with van der Waals surface area (Å²) in [4.78, 5) is 7.59. The first kappa shape index (κ1) is 18.5. The predicted molar refractivity (Wildman–Crippen MR) is 115 cm³/mol. The van der Waals surface area contributed by atoms with Crippen LogP contribution in [0.2, 0.25) is 5.02 Å². The second-order valence-corrected chi connectivity index (χ2v) is 8.52. The van der Waals surface area contributed by atoms with Crippen LogP contribution in [-0.4, -0.2) is 30.9 Å². The number of para-hydroxylation sites is 1. The molecular formula is C23H28ClN3. The molecule has 0 aromatic heterocycles. The number of nitrogens with zero attached hydrogens (tertiary/aromatic N) is 2. The molecule has 4 rings (SSSR count). The third-order valence-corrected chi connectivity index (χ3v) is 6.11. The van der Waals surface area contributed by atoms with E-state index in [2.05, 4.69) is 47.6 Å². The minimum atomic E-state index is 0.0715. The summed E-state index contributed by atoms with van der Waals surface area (Å²) in [6.45, 7) is 2.89. The molecule has 2 aliphatic rings. The molecule has 0 radical (unpaired) electrons. The largest absolute Gasteiger partial charge is 0.343 e. The SMILES string of the molecule is CN1CCCCCC2(Cc3ccccc3NC2=NCc2cccc(Cl)c2)C1. The van der Waals surface area contributed by atoms with Gasteiger partial charge in [0.1, 0.15) is 5.84 Å². The number of benzene rings is 2. The Morgan fingerprint density at radius 2 is 2.00 bits per heavy atom. The van der Waals surface area contributed by atoms with Gasteiger partial charge >= 0.3 is 0 Å². The van der Waals surface area contributed by atoms with Crippen LogP contribution in [0, 0.1) is 5.41 Å². The molecule has 0 aliphatic carbocycles. The maximum absolute atomic E-state index is 6.16. The number of halogens is 1. The van der Waals surface area contributed by atoms with E-state index in [9.17, 15) is 0 Å². The van der Waals surface area contributed by atoms with E-state index in [4.69, 9.17) is 16.6 Å². The molecule has 2 aromatic carbocycles. The second-order valence-electron chi connectivity index (χ2n) is 8.08. The van der Waals surface area contributed by atoms with Crippen LogP contribution in [0.1, 0.15) is 36.8 Å². The molecule has 0 bridgehead atoms. The van der Waals surface area contributed by atoms with E-state index in [0.717, 1.165) is 29.4 Å². The van der Waals surface area contributed by atoms with Gasteiger partial charge in [0, 0.05) is 22.7 Å². The van der Waals surface area contributed by atoms with Crippen molar-refractivity contribution in [3.05, 3.63) is 64.7 Å². The average molecular weight is 382 g/mol. The van der Waals surface area contributed by atoms with Crippen LogP contribution >= 0.6 is 11.6 Å². The Morgan fingerprint density at radius 1 is 1.11 bits per heavy atom. The van der Waals surface area contributed by atoms with Crippen LogP contribution in [-0.2, 0) is 13.0 Å². The minimum absolute atomic E-state index is 0.0715. The maximum Gasteiger partial charge on any atom is 0.109 e. The summed E-state index contributed by atoms with van der Waals surface area (Å²) in [5.41, 5.74) is 3.85. The van der Waals surface area contributed by atoms with Gasteiger partial charge in [-0.25, -0.2) is 0 Å². The first-order valence-corrected chi connectivity index (χ1v) is 10.4. The number of hydrogen-bond donors (Lipinski definition) is 1. The lowest BCUT2D eigenvalue weighted by atomic mass is 9.72. The van der Waals surface area contributed by atoms with Crippen molar-refractivity contribution < 1.29 is 0 Å². The highest BCUT2D eigenvalue weighted by Crippen LogP contribution is 2.40. The topological polar surface area (TPSA) is 27.6 Å². The third kappa shape index (κ3) is 4.20. The molecule has 1 atom stereocenters. The van der Waals surface area contributed by atoms with E-state index >= 15 is 0 Å². The van der Waals surface area contributed by atoms with Gasteiger partial charge in [0.05, 0.1) is 6.54 Å². The standard InChI is InChI=1S/C23H28ClN3/c1-27-13-6-2-5-12-23(17-27)15-19-9-3-4-11-21(19)26-22(23)25-16-18-8-7-10-20(24)14-18/h3-4,7-11,14H,2,5-6,12-13,15-17H2,1H3,(H,25,26). The number of aliphatic imine (C=N–C) groups is 1. The molecule has 4 heteroatoms. The molecule has 1 N–H and O–H groups in total. The Kier molecular flexibility index (Phi) is 5.51. The molecule has 3 nitrogen and oxygen atoms in total. The van der Waals surface area contributed by atoms with Gasteiger partial charge in [-0.1, -0.05) is 54.8 Å². The minimum Gasteiger partial charge on any atom is -0.343 e. The van der Waals surface area contributed by atoms with Crippen LogP contribution in [0.25, 0.3) is 0 Å². The molecule has 0 saturated carbocycles. The Balaban J connectivity index is 1.69. The summed E-state index contributed by atoms with van der Waals surface area (Å²) in [6, 6.07) is 16.7. The Labute approximate surface area is 167 Å². The smallest absolute Gasteiger partial charge is 0.109 e. The van der Waals surface area contributed by atoms with Crippen LogP contribution in [0.4, 0.5) is 5.69 Å². The van der Waals surface area contributed by atoms with Crippen molar-refractivity contribution in [2.45, 2.75) is 38.6 Å². The number of amidine groups is 1. The summed E-state index contributed by atoms with van der Waals surface area (Å²) in [6.07, 6.45) is 6.12. The Hall–Kier alpha value is -1.84. The zero-order valence-corrected chi connectivity index (χ0v) is 16.8. The molecule has 2 heterocycles. The Morgan fingerprint density at radius 3 is 2.89 bits per heavy atom. The van der Waals surface area contributed by atoms with Crippen molar-refractivity contribution in [2.24, 2.45) is 10.4 Å². The van der Waals surface area contributed by atoms with Gasteiger partial charge in [0.2, 0.25) is 0 Å². The van der Waals surface area contributed by atoms with Crippen LogP contribution in [0.15, 0.2) is 53.5 Å². The van der Waals surface area contributed by atoms with E-state index < -0.39 is 0 Å². The molecular weight excluding hydrogens is 354 g/mol. The molecule has 2 aromatic rings. The molecule has 0 amide bonds. The number of likely N-dealkylation sites (tertiary alicyclic amines) is 1. The van der Waals surface area contributed by atoms with Crippen LogP contribution in [0.3, 0.4) is 0 Å². The van der Waals surface area contributed by atoms with Crippen LogP contribution in [0.5, 0.6) is 0 Å². The van der Waals surface area contributed by atoms with Gasteiger partial charge in [-0.15, -0.1) is 0 Å². The lowest BCUT2D eigenvalue weighted by Crippen LogP contribution is -2.50. The highest BCUT2D eigenvalue weighted by molar-refractivity contribution is 6.30. The highest BCUT2D eigenvalue weighted by atomic mass is 35.5. The fourth-order valence-corrected chi connectivity index (χ4v) is 4.76. The molecule has 1 fully saturated rings. The number of rotatable bonds is 2. The number of anilines is 1. The number of nitrogens with one attached hydrogen (secondary N) is 1. The van der Waals surface area contributed by atoms with Crippen molar-refractivity contribution in [3.63, 3.8) is 0 Å². The summed E-state index contributed by atoms with van der Waals surface area (Å²) in [5, 5.41) is 4.47. The van der Waals surface area contributed by atoms with Gasteiger partial charge in [-0.2, -0.15) is 0 Å².